The van der Waals surface area contributed by atoms with Gasteiger partial charge in [-0.25, -0.2) is 4.98 Å². The number of primary amides is 1. The summed E-state index contributed by atoms with van der Waals surface area (Å²) < 4.78 is 0. The maximum atomic E-state index is 14.9. The summed E-state index contributed by atoms with van der Waals surface area (Å²) in [6.07, 6.45) is 6.30. The molecule has 0 unspecified atom stereocenters. The summed E-state index contributed by atoms with van der Waals surface area (Å²) in [6, 6.07) is -6.85. The molecule has 44 heteroatoms. The molecule has 0 saturated carbocycles. The summed E-state index contributed by atoms with van der Waals surface area (Å²) in [7, 11) is 0. The normalized spacial score (nSPS) is 15.2. The van der Waals surface area contributed by atoms with Crippen LogP contribution in [0.5, 0.6) is 0 Å². The molecule has 18 atom stereocenters. The molecule has 0 aliphatic carbocycles. The van der Waals surface area contributed by atoms with E-state index >= 15 is 0 Å². The largest absolute Gasteiger partial charge is 0.481 e. The number of carboxylic acids is 1. The molecule has 28 N–H and O–H groups in total. The Kier molecular flexibility index (Phi) is 56.2. The molecule has 1 heterocycles. The number of nitrogens with two attached hydrogens (primary N) is 5. The first-order chi connectivity index (χ1) is 66.5. The molecule has 43 nitrogen and oxygen atoms in total. The van der Waals surface area contributed by atoms with Gasteiger partial charge in [-0.05, 0) is 176 Å². The van der Waals surface area contributed by atoms with Crippen molar-refractivity contribution < 1.29 is 96.2 Å². The number of carbonyl (C=O) groups excluding carboxylic acids is 18. The lowest BCUT2D eigenvalue weighted by molar-refractivity contribution is -0.142. The van der Waals surface area contributed by atoms with Crippen LogP contribution >= 0.6 is 11.8 Å². The highest BCUT2D eigenvalue weighted by Crippen LogP contribution is 2.20. The lowest BCUT2D eigenvalue weighted by Gasteiger charge is -2.30. The molecule has 1 aromatic heterocycles. The minimum absolute atomic E-state index is 0.00890. The monoisotopic (exact) mass is 2000 g/mol. The number of aliphatic carboxylic acids is 1. The van der Waals surface area contributed by atoms with Crippen LogP contribution in [0.3, 0.4) is 0 Å². The summed E-state index contributed by atoms with van der Waals surface area (Å²) in [5.74, 6) is -18.8. The number of thioether (sulfide) groups is 1. The Bertz CT molecular complexity index is 4550. The van der Waals surface area contributed by atoms with Gasteiger partial charge in [0.15, 0.2) is 5.78 Å². The molecule has 0 aliphatic rings. The number of rotatable bonds is 68. The van der Waals surface area contributed by atoms with E-state index in [4.69, 9.17) is 28.7 Å². The van der Waals surface area contributed by atoms with E-state index in [2.05, 4.69) is 95.0 Å². The van der Waals surface area contributed by atoms with Crippen molar-refractivity contribution in [2.45, 2.75) is 323 Å². The molecular formula is C97H159N23O20S. The van der Waals surface area contributed by atoms with Gasteiger partial charge in [0.05, 0.1) is 31.0 Å². The highest BCUT2D eigenvalue weighted by atomic mass is 32.2. The number of amides is 17. The lowest BCUT2D eigenvalue weighted by atomic mass is 9.96. The van der Waals surface area contributed by atoms with E-state index in [0.717, 1.165) is 0 Å². The number of H-pyrrole nitrogens is 1. The van der Waals surface area contributed by atoms with Crippen molar-refractivity contribution in [3.63, 3.8) is 0 Å². The van der Waals surface area contributed by atoms with Gasteiger partial charge in [0, 0.05) is 30.2 Å². The molecule has 0 bridgehead atoms. The van der Waals surface area contributed by atoms with Gasteiger partial charge in [-0.1, -0.05) is 164 Å². The van der Waals surface area contributed by atoms with Crippen molar-refractivity contribution in [3.8, 4) is 0 Å². The van der Waals surface area contributed by atoms with E-state index in [1.807, 2.05) is 6.92 Å². The predicted octanol–water partition coefficient (Wildman–Crippen LogP) is -0.176. The SMILES string of the molecule is CC[C@H](C)[C@H](N)C(=O)N[C@@H](CCCCN)C(=O)N[C@@H](Cc1ccc(C(=O)c2ccccc2)cc1)C(=O)N[C@@H](CCSC)C(=O)N[C@@H](CC(=O)O)C(=O)N[C@H](C(=O)N[C@@H](CC(C)C)C(=O)N[C@@H](C)C(=O)N[C@@H](CCCCN)C(=O)N[C@@H](CC(C)C)C(=O)NCC(=O)N[C@@H](CCCCN)C(=O)N[C@H](C(=O)N[C@@H](CC(C)C)C(=O)N[C@@H](C)C(=O)N[C@@H](Cc1c[nH]cn1)C(=O)N[C@H](C(N)=O)C(C)C)C(C)C)[C@@H](C)CC. The molecule has 0 saturated heterocycles. The fourth-order valence-electron chi connectivity index (χ4n) is 14.9. The third-order valence-corrected chi connectivity index (χ3v) is 24.4. The van der Waals surface area contributed by atoms with Crippen LogP contribution in [0.1, 0.15) is 241 Å². The number of hydrogen-bond donors (Lipinski definition) is 23. The average molecular weight is 2000 g/mol. The van der Waals surface area contributed by atoms with Gasteiger partial charge in [0.25, 0.3) is 0 Å². The first-order valence-corrected chi connectivity index (χ1v) is 50.3. The van der Waals surface area contributed by atoms with Gasteiger partial charge in [0.1, 0.15) is 90.6 Å². The topological polar surface area (TPSA) is 696 Å². The highest BCUT2D eigenvalue weighted by molar-refractivity contribution is 7.98. The summed E-state index contributed by atoms with van der Waals surface area (Å²) in [4.78, 5) is 274. The Balaban J connectivity index is 1.86. The minimum Gasteiger partial charge on any atom is -0.481 e. The van der Waals surface area contributed by atoms with Gasteiger partial charge in [-0.15, -0.1) is 0 Å². The number of aromatic amines is 1. The predicted molar refractivity (Wildman–Crippen MR) is 534 cm³/mol. The Hall–Kier alpha value is -12.0. The number of ketones is 1. The van der Waals surface area contributed by atoms with Crippen LogP contribution in [-0.2, 0) is 99.1 Å². The molecule has 0 aliphatic heterocycles. The average Bonchev–Trinajstić information content (AvgIpc) is 1.06. The highest BCUT2D eigenvalue weighted by Gasteiger charge is 2.41. The van der Waals surface area contributed by atoms with Crippen LogP contribution in [0.2, 0.25) is 0 Å². The minimum atomic E-state index is -1.91. The first-order valence-electron chi connectivity index (χ1n) is 48.9. The van der Waals surface area contributed by atoms with E-state index in [1.54, 1.807) is 151 Å². The second kappa shape index (κ2) is 64.4. The van der Waals surface area contributed by atoms with Gasteiger partial charge < -0.3 is 124 Å². The number of benzene rings is 2. The second-order valence-electron chi connectivity index (χ2n) is 38.0. The van der Waals surface area contributed by atoms with Crippen molar-refractivity contribution in [2.24, 2.45) is 70.1 Å². The molecule has 0 radical (unpaired) electrons. The summed E-state index contributed by atoms with van der Waals surface area (Å²) in [5.41, 5.74) is 30.9. The van der Waals surface area contributed by atoms with Crippen LogP contribution in [0.4, 0.5) is 0 Å². The Morgan fingerprint density at radius 2 is 0.752 bits per heavy atom. The van der Waals surface area contributed by atoms with Gasteiger partial charge in [0.2, 0.25) is 100 Å². The molecule has 2 aromatic carbocycles. The van der Waals surface area contributed by atoms with Crippen LogP contribution < -0.4 is 114 Å². The van der Waals surface area contributed by atoms with Gasteiger partial charge in [-0.3, -0.25) is 91.1 Å². The van der Waals surface area contributed by atoms with E-state index in [9.17, 15) is 96.2 Å². The van der Waals surface area contributed by atoms with Crippen LogP contribution in [0.15, 0.2) is 67.1 Å². The van der Waals surface area contributed by atoms with E-state index < -0.39 is 234 Å². The number of unbranched alkanes of at least 4 members (excludes halogenated alkanes) is 3. The lowest BCUT2D eigenvalue weighted by Crippen LogP contribution is -2.61. The molecular weight excluding hydrogens is 1840 g/mol. The zero-order valence-electron chi connectivity index (χ0n) is 84.8. The maximum Gasteiger partial charge on any atom is 0.305 e. The maximum absolute atomic E-state index is 14.9. The molecule has 3 aromatic rings. The van der Waals surface area contributed by atoms with Crippen molar-refractivity contribution in [3.05, 3.63) is 89.5 Å². The Morgan fingerprint density at radius 3 is 1.20 bits per heavy atom. The Labute approximate surface area is 831 Å². The summed E-state index contributed by atoms with van der Waals surface area (Å²) >= 11 is 1.29. The molecule has 0 spiro atoms. The van der Waals surface area contributed by atoms with E-state index in [-0.39, 0.29) is 125 Å². The molecule has 0 fully saturated rings. The zero-order chi connectivity index (χ0) is 106. The van der Waals surface area contributed by atoms with Gasteiger partial charge in [-0.2, -0.15) is 11.8 Å². The van der Waals surface area contributed by atoms with Crippen molar-refractivity contribution >= 4 is 124 Å². The van der Waals surface area contributed by atoms with Crippen molar-refractivity contribution in [2.75, 3.05) is 38.2 Å². The van der Waals surface area contributed by atoms with Crippen molar-refractivity contribution in [1.29, 1.82) is 0 Å². The number of carboxylic acid groups (broad SMARTS) is 1. The quantitative estimate of drug-likeness (QED) is 0.0257. The molecule has 17 amide bonds. The van der Waals surface area contributed by atoms with Gasteiger partial charge >= 0.3 is 5.97 Å². The van der Waals surface area contributed by atoms with E-state index in [0.29, 0.717) is 60.9 Å². The summed E-state index contributed by atoms with van der Waals surface area (Å²) in [5, 5.41) is 52.5. The number of carbonyl (C=O) groups is 19. The first kappa shape index (κ1) is 123. The van der Waals surface area contributed by atoms with Crippen molar-refractivity contribution in [1.82, 2.24) is 95.0 Å². The Morgan fingerprint density at radius 1 is 0.383 bits per heavy atom. The zero-order valence-corrected chi connectivity index (χ0v) is 85.7. The fraction of sp³-hybridized carbons (Fsp3) is 0.649. The second-order valence-corrected chi connectivity index (χ2v) is 39.0. The smallest absolute Gasteiger partial charge is 0.305 e. The fourth-order valence-corrected chi connectivity index (χ4v) is 15.4. The summed E-state index contributed by atoms with van der Waals surface area (Å²) in [6.45, 7) is 26.8. The number of imidazole rings is 1. The van der Waals surface area contributed by atoms with Crippen LogP contribution in [-0.4, -0.2) is 262 Å². The number of aromatic nitrogens is 2. The third kappa shape index (κ3) is 44.8. The van der Waals surface area contributed by atoms with Crippen LogP contribution in [0, 0.1) is 41.4 Å². The van der Waals surface area contributed by atoms with Crippen LogP contribution in [0.25, 0.3) is 0 Å². The standard InChI is InChI=1S/C97H159N23O20S/c1-18-57(13)77(101)95(138)111-67(33-25-28-41-100)87(130)114-72(46-61-34-36-63(37-35-61)81(124)62-29-21-20-22-30-62)92(135)110-68(38-42-141-17)88(131)115-74(48-76(122)123)94(137)120-80(58(14)19-2)97(140)117-71(45-54(7)8)91(134)106-59(15)83(126)109-66(32-24-27-40-99)86(129)113-69(43-52(3)4)85(128)104-50-75(121)108-65(31-23-26-39-98)89(132)119-79(56(11)12)96(139)116-70(44-53(5)6)90(133)107-60(16)84(127)112-73(47-64-49-103-51-105-64)93(136)118-78(55(9)10)82(102)125/h20-22,29-30,34-37,49,51-60,65-74,77-80H,18-19,23-28,31-33,38-48,50,98-101H2,1-17H3,(H2,102,125)(H,103,105)(H,104,128)(H,106,134)(H,107,133)(H,108,121)(H,109,126)(H,110,135)(H,111,138)(H,112,127)(H,113,129)(H,114,130)(H,115,131)(H,116,139)(H,117,140)(H,118,136)(H,119,132)(H,120,137)(H,122,123)/t57-,58-,59-,60-,65-,66-,67-,68-,69-,70-,71-,72-,73-,74-,77-,78-,79-,80-/m0/s1. The number of nitrogens with zero attached hydrogens (tertiary/aromatic N) is 1. The number of nitrogens with one attached hydrogen (secondary N) is 17. The molecule has 141 heavy (non-hydrogen) atoms. The third-order valence-electron chi connectivity index (χ3n) is 23.8. The molecule has 3 rings (SSSR count). The number of hydrogen-bond acceptors (Lipinski definition) is 25. The van der Waals surface area contributed by atoms with E-state index in [1.165, 1.54) is 38.1 Å². The molecule has 788 valence electrons.